The number of carboxylic acid groups (broad SMARTS) is 1. The minimum Gasteiger partial charge on any atom is -0.481 e. The standard InChI is InChI=1S/C28H25ClFN3O6S/c1-38-17-11-24(23-10-16(39-32-23)6-7-27(35)36)33(13-17)26(34)9-15-8-20(29)22(12-21(15)30)31-28(37)19-14-40-25-5-3-2-4-18(19)25/h2-5,8,10,12,14,17,24H,6-7,9,11,13H2,1H3,(H,31,37)(H,35,36)/t17-,24?/m0/s1. The van der Waals surface area contributed by atoms with Gasteiger partial charge >= 0.3 is 5.97 Å². The topological polar surface area (TPSA) is 122 Å². The fraction of sp³-hybridized carbons (Fsp3) is 0.286. The third-order valence-corrected chi connectivity index (χ3v) is 8.15. The number of halogens is 2. The first-order chi connectivity index (χ1) is 19.2. The lowest BCUT2D eigenvalue weighted by atomic mass is 10.1. The first kappa shape index (κ1) is 27.8. The highest BCUT2D eigenvalue weighted by molar-refractivity contribution is 7.17. The predicted octanol–water partition coefficient (Wildman–Crippen LogP) is 5.48. The second kappa shape index (κ2) is 11.7. The van der Waals surface area contributed by atoms with Gasteiger partial charge < -0.3 is 24.6 Å². The van der Waals surface area contributed by atoms with Crippen molar-refractivity contribution in [2.24, 2.45) is 0 Å². The Balaban J connectivity index is 1.30. The number of hydrogen-bond donors (Lipinski definition) is 2. The molecule has 0 aliphatic carbocycles. The number of fused-ring (bicyclic) bond motifs is 1. The smallest absolute Gasteiger partial charge is 0.303 e. The zero-order valence-electron chi connectivity index (χ0n) is 21.4. The number of carbonyl (C=O) groups is 3. The number of aryl methyl sites for hydroxylation is 1. The molecule has 1 saturated heterocycles. The summed E-state index contributed by atoms with van der Waals surface area (Å²) in [4.78, 5) is 38.7. The summed E-state index contributed by atoms with van der Waals surface area (Å²) in [6.07, 6.45) is -0.00796. The third kappa shape index (κ3) is 5.86. The second-order valence-corrected chi connectivity index (χ2v) is 10.8. The molecule has 0 radical (unpaired) electrons. The van der Waals surface area contributed by atoms with E-state index in [0.29, 0.717) is 23.4 Å². The lowest BCUT2D eigenvalue weighted by molar-refractivity contribution is -0.137. The number of aromatic nitrogens is 1. The first-order valence-electron chi connectivity index (χ1n) is 12.5. The first-order valence-corrected chi connectivity index (χ1v) is 13.7. The Bertz CT molecular complexity index is 1590. The number of thiophene rings is 1. The van der Waals surface area contributed by atoms with Gasteiger partial charge in [0.15, 0.2) is 0 Å². The van der Waals surface area contributed by atoms with Crippen LogP contribution in [0.5, 0.6) is 0 Å². The van der Waals surface area contributed by atoms with Crippen molar-refractivity contribution in [1.82, 2.24) is 10.1 Å². The predicted molar refractivity (Wildman–Crippen MR) is 147 cm³/mol. The Labute approximate surface area is 237 Å². The Morgan fingerprint density at radius 2 is 2.08 bits per heavy atom. The maximum atomic E-state index is 15.2. The van der Waals surface area contributed by atoms with E-state index in [1.165, 1.54) is 17.4 Å². The van der Waals surface area contributed by atoms with Gasteiger partial charge in [0.25, 0.3) is 5.91 Å². The van der Waals surface area contributed by atoms with Gasteiger partial charge in [0.05, 0.1) is 41.3 Å². The van der Waals surface area contributed by atoms with Crippen LogP contribution in [0.3, 0.4) is 0 Å². The highest BCUT2D eigenvalue weighted by atomic mass is 35.5. The van der Waals surface area contributed by atoms with Crippen molar-refractivity contribution in [2.45, 2.75) is 37.8 Å². The molecule has 1 fully saturated rings. The molecule has 1 unspecified atom stereocenters. The molecule has 4 aromatic rings. The molecule has 3 heterocycles. The van der Waals surface area contributed by atoms with E-state index in [1.807, 2.05) is 24.3 Å². The zero-order valence-corrected chi connectivity index (χ0v) is 22.9. The summed E-state index contributed by atoms with van der Waals surface area (Å²) < 4.78 is 26.9. The third-order valence-electron chi connectivity index (χ3n) is 6.87. The Morgan fingerprint density at radius 1 is 1.27 bits per heavy atom. The maximum Gasteiger partial charge on any atom is 0.303 e. The number of methoxy groups -OCH3 is 1. The second-order valence-electron chi connectivity index (χ2n) is 9.47. The van der Waals surface area contributed by atoms with Crippen molar-refractivity contribution in [3.63, 3.8) is 0 Å². The van der Waals surface area contributed by atoms with Gasteiger partial charge in [-0.1, -0.05) is 35.0 Å². The molecule has 2 N–H and O–H groups in total. The summed E-state index contributed by atoms with van der Waals surface area (Å²) >= 11 is 7.84. The lowest BCUT2D eigenvalue weighted by Gasteiger charge is -2.23. The summed E-state index contributed by atoms with van der Waals surface area (Å²) in [5, 5.41) is 18.3. The summed E-state index contributed by atoms with van der Waals surface area (Å²) in [7, 11) is 1.54. The summed E-state index contributed by atoms with van der Waals surface area (Å²) in [5.74, 6) is -2.02. The molecule has 2 aromatic heterocycles. The quantitative estimate of drug-likeness (QED) is 0.267. The van der Waals surface area contributed by atoms with E-state index >= 15 is 4.39 Å². The zero-order chi connectivity index (χ0) is 28.4. The number of benzene rings is 2. The molecule has 0 saturated carbocycles. The van der Waals surface area contributed by atoms with Gasteiger partial charge in [0, 0.05) is 48.0 Å². The van der Waals surface area contributed by atoms with Crippen LogP contribution in [-0.2, 0) is 27.2 Å². The minimum atomic E-state index is -0.957. The largest absolute Gasteiger partial charge is 0.481 e. The van der Waals surface area contributed by atoms with E-state index in [-0.39, 0.29) is 54.1 Å². The van der Waals surface area contributed by atoms with Gasteiger partial charge in [-0.15, -0.1) is 11.3 Å². The van der Waals surface area contributed by atoms with E-state index < -0.39 is 23.7 Å². The molecule has 0 bridgehead atoms. The number of anilines is 1. The monoisotopic (exact) mass is 585 g/mol. The van der Waals surface area contributed by atoms with Crippen molar-refractivity contribution in [2.75, 3.05) is 19.0 Å². The lowest BCUT2D eigenvalue weighted by Crippen LogP contribution is -2.33. The van der Waals surface area contributed by atoms with E-state index in [2.05, 4.69) is 10.5 Å². The van der Waals surface area contributed by atoms with Crippen LogP contribution in [0.25, 0.3) is 10.1 Å². The molecule has 9 nitrogen and oxygen atoms in total. The number of aliphatic carboxylic acids is 1. The van der Waals surface area contributed by atoms with E-state index in [9.17, 15) is 14.4 Å². The van der Waals surface area contributed by atoms with Crippen LogP contribution in [-0.4, -0.2) is 52.7 Å². The molecular formula is C28H25ClFN3O6S. The molecule has 40 heavy (non-hydrogen) atoms. The summed E-state index contributed by atoms with van der Waals surface area (Å²) in [6.45, 7) is 0.273. The molecule has 1 aliphatic heterocycles. The number of likely N-dealkylation sites (tertiary alicyclic amines) is 1. The average molecular weight is 586 g/mol. The number of hydrogen-bond acceptors (Lipinski definition) is 7. The molecule has 12 heteroatoms. The minimum absolute atomic E-state index is 0.0795. The van der Waals surface area contributed by atoms with Crippen molar-refractivity contribution in [1.29, 1.82) is 0 Å². The summed E-state index contributed by atoms with van der Waals surface area (Å²) in [6, 6.07) is 11.1. The Kier molecular flexibility index (Phi) is 8.15. The maximum absolute atomic E-state index is 15.2. The fourth-order valence-electron chi connectivity index (χ4n) is 4.79. The summed E-state index contributed by atoms with van der Waals surface area (Å²) in [5.41, 5.74) is 1.12. The highest BCUT2D eigenvalue weighted by Crippen LogP contribution is 2.35. The molecular weight excluding hydrogens is 561 g/mol. The highest BCUT2D eigenvalue weighted by Gasteiger charge is 2.38. The molecule has 1 aliphatic rings. The van der Waals surface area contributed by atoms with Gasteiger partial charge in [-0.05, 0) is 23.8 Å². The number of carboxylic acids is 1. The molecule has 2 amide bonds. The molecule has 0 spiro atoms. The van der Waals surface area contributed by atoms with Gasteiger partial charge in [-0.3, -0.25) is 14.4 Å². The van der Waals surface area contributed by atoms with Crippen LogP contribution < -0.4 is 5.32 Å². The number of rotatable bonds is 9. The number of nitrogens with one attached hydrogen (secondary N) is 1. The van der Waals surface area contributed by atoms with Crippen molar-refractivity contribution in [3.8, 4) is 0 Å². The SMILES string of the molecule is CO[C@H]1CC(c2cc(CCC(=O)O)on2)N(C(=O)Cc2cc(Cl)c(NC(=O)c3csc4ccccc34)cc2F)C1. The molecule has 208 valence electrons. The van der Waals surface area contributed by atoms with E-state index in [1.54, 1.807) is 23.5 Å². The molecule has 5 rings (SSSR count). The number of ether oxygens (including phenoxy) is 1. The molecule has 2 atom stereocenters. The van der Waals surface area contributed by atoms with Crippen molar-refractivity contribution < 1.29 is 33.1 Å². The number of nitrogens with zero attached hydrogens (tertiary/aromatic N) is 2. The van der Waals surface area contributed by atoms with Crippen LogP contribution in [0.1, 0.15) is 46.3 Å². The van der Waals surface area contributed by atoms with Gasteiger partial charge in [-0.2, -0.15) is 0 Å². The van der Waals surface area contributed by atoms with Crippen molar-refractivity contribution in [3.05, 3.63) is 81.3 Å². The van der Waals surface area contributed by atoms with Gasteiger partial charge in [0.1, 0.15) is 17.3 Å². The van der Waals surface area contributed by atoms with Gasteiger partial charge in [0.2, 0.25) is 5.91 Å². The normalized spacial score (nSPS) is 16.9. The number of amides is 2. The Morgan fingerprint density at radius 3 is 2.85 bits per heavy atom. The average Bonchev–Trinajstić information content (AvgIpc) is 3.68. The van der Waals surface area contributed by atoms with Crippen LogP contribution in [0.4, 0.5) is 10.1 Å². The van der Waals surface area contributed by atoms with Gasteiger partial charge in [-0.25, -0.2) is 4.39 Å². The van der Waals surface area contributed by atoms with E-state index in [4.69, 9.17) is 26.0 Å². The van der Waals surface area contributed by atoms with Crippen LogP contribution >= 0.6 is 22.9 Å². The van der Waals surface area contributed by atoms with Crippen LogP contribution in [0.15, 0.2) is 52.4 Å². The van der Waals surface area contributed by atoms with Crippen LogP contribution in [0.2, 0.25) is 5.02 Å². The van der Waals surface area contributed by atoms with E-state index in [0.717, 1.165) is 16.2 Å². The van der Waals surface area contributed by atoms with Crippen molar-refractivity contribution >= 4 is 56.5 Å². The fourth-order valence-corrected chi connectivity index (χ4v) is 5.96. The van der Waals surface area contributed by atoms with Crippen LogP contribution in [0, 0.1) is 5.82 Å². The molecule has 2 aromatic carbocycles. The Hall–Kier alpha value is -3.80. The number of carbonyl (C=O) groups excluding carboxylic acids is 2.